The van der Waals surface area contributed by atoms with Crippen molar-refractivity contribution in [3.63, 3.8) is 0 Å². The Hall–Kier alpha value is -2.79. The van der Waals surface area contributed by atoms with Gasteiger partial charge in [0.2, 0.25) is 5.91 Å². The molecule has 0 unspecified atom stereocenters. The van der Waals surface area contributed by atoms with Gasteiger partial charge in [0.25, 0.3) is 5.91 Å². The maximum atomic E-state index is 13.3. The Morgan fingerprint density at radius 1 is 1.10 bits per heavy atom. The molecule has 150 valence electrons. The number of H-pyrrole nitrogens is 1. The van der Waals surface area contributed by atoms with Crippen LogP contribution < -0.4 is 5.32 Å². The first kappa shape index (κ1) is 19.5. The van der Waals surface area contributed by atoms with Crippen molar-refractivity contribution >= 4 is 34.3 Å². The van der Waals surface area contributed by atoms with Crippen LogP contribution in [0.1, 0.15) is 35.5 Å². The van der Waals surface area contributed by atoms with Gasteiger partial charge in [-0.05, 0) is 36.2 Å². The van der Waals surface area contributed by atoms with E-state index in [1.54, 1.807) is 24.3 Å². The van der Waals surface area contributed by atoms with Gasteiger partial charge in [0.1, 0.15) is 6.04 Å². The minimum Gasteiger partial charge on any atom is -0.358 e. The Morgan fingerprint density at radius 3 is 2.55 bits per heavy atom. The number of benzene rings is 2. The highest BCUT2D eigenvalue weighted by Crippen LogP contribution is 2.28. The lowest BCUT2D eigenvalue weighted by molar-refractivity contribution is -0.135. The van der Waals surface area contributed by atoms with Crippen molar-refractivity contribution in [1.82, 2.24) is 15.2 Å². The largest absolute Gasteiger partial charge is 0.358 e. The van der Waals surface area contributed by atoms with Crippen molar-refractivity contribution in [2.75, 3.05) is 6.54 Å². The zero-order valence-electron chi connectivity index (χ0n) is 16.5. The molecule has 0 saturated heterocycles. The molecule has 0 fully saturated rings. The third-order valence-electron chi connectivity index (χ3n) is 5.52. The van der Waals surface area contributed by atoms with Crippen molar-refractivity contribution in [3.05, 3.63) is 70.4 Å². The summed E-state index contributed by atoms with van der Waals surface area (Å²) in [6.45, 7) is 5.09. The quantitative estimate of drug-likeness (QED) is 0.679. The fourth-order valence-corrected chi connectivity index (χ4v) is 4.02. The topological polar surface area (TPSA) is 65.2 Å². The van der Waals surface area contributed by atoms with Crippen LogP contribution in [-0.2, 0) is 17.8 Å². The summed E-state index contributed by atoms with van der Waals surface area (Å²) >= 11 is 5.90. The summed E-state index contributed by atoms with van der Waals surface area (Å²) in [6, 6.07) is 14.3. The average molecular weight is 410 g/mol. The molecule has 2 heterocycles. The molecule has 29 heavy (non-hydrogen) atoms. The predicted octanol–water partition coefficient (Wildman–Crippen LogP) is 4.16. The third kappa shape index (κ3) is 3.87. The second kappa shape index (κ2) is 7.91. The molecule has 6 heteroatoms. The van der Waals surface area contributed by atoms with Gasteiger partial charge in [0.05, 0.1) is 0 Å². The summed E-state index contributed by atoms with van der Waals surface area (Å²) in [5.74, 6) is -0.333. The van der Waals surface area contributed by atoms with Gasteiger partial charge in [-0.15, -0.1) is 0 Å². The van der Waals surface area contributed by atoms with Gasteiger partial charge in [0.15, 0.2) is 0 Å². The Balaban J connectivity index is 1.53. The molecule has 1 aromatic heterocycles. The molecule has 0 bridgehead atoms. The standard InChI is InChI=1S/C23H24ClN3O2/c1-14(2)21(26-22(28)15-7-9-16(24)10-8-15)23(29)27-12-11-20-18(13-27)17-5-3-4-6-19(17)25-20/h3-10,14,21,25H,11-13H2,1-2H3,(H,26,28)/t21-/m0/s1. The Labute approximate surface area is 175 Å². The molecular weight excluding hydrogens is 386 g/mol. The van der Waals surface area contributed by atoms with Gasteiger partial charge in [-0.25, -0.2) is 0 Å². The molecule has 4 rings (SSSR count). The van der Waals surface area contributed by atoms with Crippen LogP contribution in [0, 0.1) is 5.92 Å². The summed E-state index contributed by atoms with van der Waals surface area (Å²) in [4.78, 5) is 31.3. The monoisotopic (exact) mass is 409 g/mol. The van der Waals surface area contributed by atoms with E-state index in [-0.39, 0.29) is 17.7 Å². The average Bonchev–Trinajstić information content (AvgIpc) is 3.09. The molecule has 3 aromatic rings. The van der Waals surface area contributed by atoms with E-state index < -0.39 is 6.04 Å². The summed E-state index contributed by atoms with van der Waals surface area (Å²) in [7, 11) is 0. The van der Waals surface area contributed by atoms with Crippen LogP contribution in [0.4, 0.5) is 0 Å². The number of nitrogens with one attached hydrogen (secondary N) is 2. The van der Waals surface area contributed by atoms with Crippen LogP contribution in [0.2, 0.25) is 5.02 Å². The highest BCUT2D eigenvalue weighted by Gasteiger charge is 2.32. The number of aromatic nitrogens is 1. The fourth-order valence-electron chi connectivity index (χ4n) is 3.89. The van der Waals surface area contributed by atoms with E-state index in [1.807, 2.05) is 30.9 Å². The van der Waals surface area contributed by atoms with Crippen molar-refractivity contribution in [2.24, 2.45) is 5.92 Å². The SMILES string of the molecule is CC(C)[C@H](NC(=O)c1ccc(Cl)cc1)C(=O)N1CCc2[nH]c3ccccc3c2C1. The molecule has 1 atom stereocenters. The maximum absolute atomic E-state index is 13.3. The van der Waals surface area contributed by atoms with E-state index >= 15 is 0 Å². The Morgan fingerprint density at radius 2 is 1.83 bits per heavy atom. The zero-order valence-corrected chi connectivity index (χ0v) is 17.3. The highest BCUT2D eigenvalue weighted by atomic mass is 35.5. The number of hydrogen-bond acceptors (Lipinski definition) is 2. The lowest BCUT2D eigenvalue weighted by Gasteiger charge is -2.32. The number of amides is 2. The minimum absolute atomic E-state index is 0.0249. The van der Waals surface area contributed by atoms with Crippen molar-refractivity contribution in [1.29, 1.82) is 0 Å². The maximum Gasteiger partial charge on any atom is 0.251 e. The smallest absolute Gasteiger partial charge is 0.251 e. The first-order chi connectivity index (χ1) is 13.9. The molecule has 0 aliphatic carbocycles. The van der Waals surface area contributed by atoms with Crippen molar-refractivity contribution < 1.29 is 9.59 Å². The lowest BCUT2D eigenvalue weighted by Crippen LogP contribution is -2.52. The van der Waals surface area contributed by atoms with Crippen LogP contribution in [0.3, 0.4) is 0 Å². The van der Waals surface area contributed by atoms with Gasteiger partial charge in [-0.1, -0.05) is 43.6 Å². The van der Waals surface area contributed by atoms with E-state index in [2.05, 4.69) is 22.4 Å². The van der Waals surface area contributed by atoms with Crippen LogP contribution in [0.5, 0.6) is 0 Å². The number of rotatable bonds is 4. The van der Waals surface area contributed by atoms with E-state index in [0.29, 0.717) is 23.7 Å². The molecule has 2 aromatic carbocycles. The summed E-state index contributed by atoms with van der Waals surface area (Å²) < 4.78 is 0. The first-order valence-corrected chi connectivity index (χ1v) is 10.3. The molecule has 0 saturated carbocycles. The first-order valence-electron chi connectivity index (χ1n) is 9.87. The molecular formula is C23H24ClN3O2. The normalized spacial score (nSPS) is 14.7. The third-order valence-corrected chi connectivity index (χ3v) is 5.77. The van der Waals surface area contributed by atoms with E-state index in [0.717, 1.165) is 17.3 Å². The second-order valence-electron chi connectivity index (χ2n) is 7.84. The molecule has 5 nitrogen and oxygen atoms in total. The number of carbonyl (C=O) groups is 2. The number of halogens is 1. The van der Waals surface area contributed by atoms with E-state index in [4.69, 9.17) is 11.6 Å². The fraction of sp³-hybridized carbons (Fsp3) is 0.304. The lowest BCUT2D eigenvalue weighted by atomic mass is 9.99. The van der Waals surface area contributed by atoms with Crippen LogP contribution >= 0.6 is 11.6 Å². The van der Waals surface area contributed by atoms with Crippen LogP contribution in [-0.4, -0.2) is 34.3 Å². The van der Waals surface area contributed by atoms with Crippen LogP contribution in [0.25, 0.3) is 10.9 Å². The van der Waals surface area contributed by atoms with Gasteiger partial charge in [-0.3, -0.25) is 9.59 Å². The Kier molecular flexibility index (Phi) is 5.33. The zero-order chi connectivity index (χ0) is 20.5. The highest BCUT2D eigenvalue weighted by molar-refractivity contribution is 6.30. The van der Waals surface area contributed by atoms with Gasteiger partial charge in [0, 0.05) is 52.3 Å². The molecule has 1 aliphatic heterocycles. The van der Waals surface area contributed by atoms with E-state index in [1.165, 1.54) is 11.3 Å². The van der Waals surface area contributed by atoms with Gasteiger partial charge in [-0.2, -0.15) is 0 Å². The summed E-state index contributed by atoms with van der Waals surface area (Å²) in [5, 5.41) is 4.65. The van der Waals surface area contributed by atoms with Gasteiger partial charge < -0.3 is 15.2 Å². The van der Waals surface area contributed by atoms with Crippen LogP contribution in [0.15, 0.2) is 48.5 Å². The number of carbonyl (C=O) groups excluding carboxylic acids is 2. The summed E-state index contributed by atoms with van der Waals surface area (Å²) in [6.07, 6.45) is 0.783. The molecule has 2 amide bonds. The summed E-state index contributed by atoms with van der Waals surface area (Å²) in [5.41, 5.74) is 3.96. The van der Waals surface area contributed by atoms with E-state index in [9.17, 15) is 9.59 Å². The second-order valence-corrected chi connectivity index (χ2v) is 8.28. The number of hydrogen-bond donors (Lipinski definition) is 2. The molecule has 0 radical (unpaired) electrons. The minimum atomic E-state index is -0.579. The number of fused-ring (bicyclic) bond motifs is 3. The molecule has 1 aliphatic rings. The Bertz CT molecular complexity index is 1060. The predicted molar refractivity (Wildman–Crippen MR) is 115 cm³/mol. The number of nitrogens with zero attached hydrogens (tertiary/aromatic N) is 1. The molecule has 2 N–H and O–H groups in total. The van der Waals surface area contributed by atoms with Gasteiger partial charge >= 0.3 is 0 Å². The molecule has 0 spiro atoms. The van der Waals surface area contributed by atoms with Crippen molar-refractivity contribution in [2.45, 2.75) is 32.9 Å². The number of para-hydroxylation sites is 1. The van der Waals surface area contributed by atoms with Crippen molar-refractivity contribution in [3.8, 4) is 0 Å². The number of aromatic amines is 1.